The molecule has 7 heteroatoms. The Morgan fingerprint density at radius 2 is 2.17 bits per heavy atom. The number of nitro benzene ring substituents is 1. The van der Waals surface area contributed by atoms with Crippen LogP contribution in [0.5, 0.6) is 0 Å². The number of aryl methyl sites for hydroxylation is 1. The highest BCUT2D eigenvalue weighted by Crippen LogP contribution is 2.21. The molecule has 0 radical (unpaired) electrons. The van der Waals surface area contributed by atoms with Crippen molar-refractivity contribution in [2.45, 2.75) is 25.9 Å². The molecule has 0 saturated carbocycles. The molecule has 2 rings (SSSR count). The van der Waals surface area contributed by atoms with Crippen molar-refractivity contribution in [2.75, 3.05) is 0 Å². The van der Waals surface area contributed by atoms with Crippen molar-refractivity contribution in [1.29, 1.82) is 0 Å². The normalized spacial score (nSPS) is 11.7. The second-order valence-corrected chi connectivity index (χ2v) is 5.33. The molecule has 1 aromatic heterocycles. The number of nitro groups is 1. The van der Waals surface area contributed by atoms with Crippen molar-refractivity contribution in [3.63, 3.8) is 0 Å². The van der Waals surface area contributed by atoms with Crippen molar-refractivity contribution < 1.29 is 9.72 Å². The third kappa shape index (κ3) is 4.57. The van der Waals surface area contributed by atoms with Gasteiger partial charge in [-0.05, 0) is 23.6 Å². The Hall–Kier alpha value is -2.83. The molecule has 1 atom stereocenters. The van der Waals surface area contributed by atoms with Gasteiger partial charge in [0.1, 0.15) is 0 Å². The maximum Gasteiger partial charge on any atom is 0.315 e. The topological polar surface area (TPSA) is 89.2 Å². The summed E-state index contributed by atoms with van der Waals surface area (Å²) in [5.41, 5.74) is 1.75. The predicted molar refractivity (Wildman–Crippen MR) is 86.9 cm³/mol. The number of benzene rings is 1. The van der Waals surface area contributed by atoms with Crippen LogP contribution in [0, 0.1) is 10.1 Å². The van der Waals surface area contributed by atoms with Gasteiger partial charge in [0.25, 0.3) is 5.69 Å². The lowest BCUT2D eigenvalue weighted by Gasteiger charge is -2.17. The molecule has 0 unspecified atom stereocenters. The molecule has 0 saturated heterocycles. The summed E-state index contributed by atoms with van der Waals surface area (Å²) in [4.78, 5) is 22.4. The molecule has 0 aliphatic heterocycles. The molecular formula is C16H20N4O3. The van der Waals surface area contributed by atoms with E-state index in [2.05, 4.69) is 10.6 Å². The molecule has 1 aromatic carbocycles. The minimum atomic E-state index is -0.439. The van der Waals surface area contributed by atoms with Crippen LogP contribution in [0.3, 0.4) is 0 Å². The van der Waals surface area contributed by atoms with Gasteiger partial charge < -0.3 is 15.2 Å². The van der Waals surface area contributed by atoms with E-state index in [0.29, 0.717) is 13.0 Å². The lowest BCUT2D eigenvalue weighted by molar-refractivity contribution is -0.384. The summed E-state index contributed by atoms with van der Waals surface area (Å²) >= 11 is 0. The zero-order chi connectivity index (χ0) is 16.8. The van der Waals surface area contributed by atoms with Crippen LogP contribution in [-0.4, -0.2) is 15.5 Å². The Balaban J connectivity index is 1.97. The molecule has 23 heavy (non-hydrogen) atoms. The lowest BCUT2D eigenvalue weighted by atomic mass is 10.0. The Bertz CT molecular complexity index is 696. The van der Waals surface area contributed by atoms with Crippen LogP contribution in [0.25, 0.3) is 0 Å². The van der Waals surface area contributed by atoms with Crippen LogP contribution in [0.4, 0.5) is 10.5 Å². The second kappa shape index (κ2) is 7.44. The fraction of sp³-hybridized carbons (Fsp3) is 0.312. The van der Waals surface area contributed by atoms with Gasteiger partial charge in [-0.1, -0.05) is 19.1 Å². The molecule has 1 heterocycles. The first kappa shape index (κ1) is 16.5. The average molecular weight is 316 g/mol. The Morgan fingerprint density at radius 3 is 2.78 bits per heavy atom. The van der Waals surface area contributed by atoms with Gasteiger partial charge in [-0.25, -0.2) is 4.79 Å². The van der Waals surface area contributed by atoms with E-state index >= 15 is 0 Å². The van der Waals surface area contributed by atoms with Crippen LogP contribution >= 0.6 is 0 Å². The largest absolute Gasteiger partial charge is 0.357 e. The number of amides is 2. The lowest BCUT2D eigenvalue weighted by Crippen LogP contribution is -2.37. The van der Waals surface area contributed by atoms with Crippen molar-refractivity contribution in [1.82, 2.24) is 15.2 Å². The minimum Gasteiger partial charge on any atom is -0.357 e. The summed E-state index contributed by atoms with van der Waals surface area (Å²) in [6.45, 7) is 2.35. The molecule has 0 spiro atoms. The number of non-ortho nitro benzene ring substituents is 1. The van der Waals surface area contributed by atoms with Gasteiger partial charge in [-0.3, -0.25) is 10.1 Å². The Morgan fingerprint density at radius 1 is 1.39 bits per heavy atom. The highest BCUT2D eigenvalue weighted by atomic mass is 16.6. The van der Waals surface area contributed by atoms with E-state index in [9.17, 15) is 14.9 Å². The van der Waals surface area contributed by atoms with Crippen LogP contribution in [0.2, 0.25) is 0 Å². The molecule has 2 aromatic rings. The minimum absolute atomic E-state index is 0.0208. The number of nitrogens with one attached hydrogen (secondary N) is 2. The molecule has 7 nitrogen and oxygen atoms in total. The first-order valence-electron chi connectivity index (χ1n) is 7.39. The molecule has 0 aliphatic rings. The molecule has 0 fully saturated rings. The number of carbonyl (C=O) groups excluding carboxylic acids is 1. The SMILES string of the molecule is CC[C@H](NC(=O)NCc1ccn(C)c1)c1cccc([N+](=O)[O-])c1. The van der Waals surface area contributed by atoms with Crippen LogP contribution in [0.1, 0.15) is 30.5 Å². The summed E-state index contributed by atoms with van der Waals surface area (Å²) < 4.78 is 1.91. The predicted octanol–water partition coefficient (Wildman–Crippen LogP) is 2.88. The molecule has 0 aliphatic carbocycles. The van der Waals surface area contributed by atoms with Crippen LogP contribution in [0.15, 0.2) is 42.7 Å². The van der Waals surface area contributed by atoms with Crippen molar-refractivity contribution in [3.05, 3.63) is 64.0 Å². The van der Waals surface area contributed by atoms with Gasteiger partial charge >= 0.3 is 6.03 Å². The Labute approximate surface area is 134 Å². The van der Waals surface area contributed by atoms with Crippen molar-refractivity contribution in [2.24, 2.45) is 7.05 Å². The molecule has 2 amide bonds. The zero-order valence-corrected chi connectivity index (χ0v) is 13.2. The highest BCUT2D eigenvalue weighted by Gasteiger charge is 2.15. The first-order chi connectivity index (χ1) is 11.0. The number of urea groups is 1. The first-order valence-corrected chi connectivity index (χ1v) is 7.39. The second-order valence-electron chi connectivity index (χ2n) is 5.33. The number of nitrogens with zero attached hydrogens (tertiary/aromatic N) is 2. The van der Waals surface area contributed by atoms with Gasteiger partial charge in [0.15, 0.2) is 0 Å². The third-order valence-electron chi connectivity index (χ3n) is 3.54. The zero-order valence-electron chi connectivity index (χ0n) is 13.2. The standard InChI is InChI=1S/C16H20N4O3/c1-3-15(13-5-4-6-14(9-13)20(22)23)18-16(21)17-10-12-7-8-19(2)11-12/h4-9,11,15H,3,10H2,1-2H3,(H2,17,18,21)/t15-/m0/s1. The number of aromatic nitrogens is 1. The Kier molecular flexibility index (Phi) is 5.35. The molecule has 2 N–H and O–H groups in total. The summed E-state index contributed by atoms with van der Waals surface area (Å²) in [5.74, 6) is 0. The van der Waals surface area contributed by atoms with Crippen molar-refractivity contribution >= 4 is 11.7 Å². The van der Waals surface area contributed by atoms with E-state index in [4.69, 9.17) is 0 Å². The summed E-state index contributed by atoms with van der Waals surface area (Å²) in [7, 11) is 1.92. The van der Waals surface area contributed by atoms with Gasteiger partial charge in [0.05, 0.1) is 11.0 Å². The number of hydrogen-bond donors (Lipinski definition) is 2. The van der Waals surface area contributed by atoms with Crippen molar-refractivity contribution in [3.8, 4) is 0 Å². The fourth-order valence-electron chi connectivity index (χ4n) is 2.33. The maximum atomic E-state index is 12.0. The third-order valence-corrected chi connectivity index (χ3v) is 3.54. The van der Waals surface area contributed by atoms with E-state index in [1.165, 1.54) is 12.1 Å². The van der Waals surface area contributed by atoms with E-state index in [-0.39, 0.29) is 17.8 Å². The van der Waals surface area contributed by atoms with E-state index < -0.39 is 4.92 Å². The van der Waals surface area contributed by atoms with E-state index in [0.717, 1.165) is 11.1 Å². The van der Waals surface area contributed by atoms with Gasteiger partial charge in [-0.15, -0.1) is 0 Å². The van der Waals surface area contributed by atoms with Gasteiger partial charge in [0, 0.05) is 38.1 Å². The van der Waals surface area contributed by atoms with Gasteiger partial charge in [0.2, 0.25) is 0 Å². The monoisotopic (exact) mass is 316 g/mol. The molecule has 122 valence electrons. The van der Waals surface area contributed by atoms with E-state index in [1.807, 2.05) is 37.0 Å². The van der Waals surface area contributed by atoms with E-state index in [1.54, 1.807) is 12.1 Å². The highest BCUT2D eigenvalue weighted by molar-refractivity contribution is 5.74. The quantitative estimate of drug-likeness (QED) is 0.634. The van der Waals surface area contributed by atoms with Crippen LogP contribution < -0.4 is 10.6 Å². The number of carbonyl (C=O) groups is 1. The average Bonchev–Trinajstić information content (AvgIpc) is 2.96. The maximum absolute atomic E-state index is 12.0. The number of rotatable bonds is 6. The summed E-state index contributed by atoms with van der Waals surface area (Å²) in [5, 5.41) is 16.5. The van der Waals surface area contributed by atoms with Gasteiger partial charge in [-0.2, -0.15) is 0 Å². The van der Waals surface area contributed by atoms with Crippen LogP contribution in [-0.2, 0) is 13.6 Å². The molecular weight excluding hydrogens is 296 g/mol. The number of hydrogen-bond acceptors (Lipinski definition) is 3. The molecule has 0 bridgehead atoms. The summed E-state index contributed by atoms with van der Waals surface area (Å²) in [6.07, 6.45) is 4.48. The summed E-state index contributed by atoms with van der Waals surface area (Å²) in [6, 6.07) is 7.69. The fourth-order valence-corrected chi connectivity index (χ4v) is 2.33. The smallest absolute Gasteiger partial charge is 0.315 e.